The minimum absolute atomic E-state index is 0.414. The zero-order valence-electron chi connectivity index (χ0n) is 17.9. The fraction of sp³-hybridized carbons (Fsp3) is 0.0769. The number of fused-ring (bicyclic) bond motifs is 1. The quantitative estimate of drug-likeness (QED) is 0.404. The molecule has 166 valence electrons. The van der Waals surface area contributed by atoms with E-state index in [9.17, 15) is 9.59 Å². The molecule has 0 radical (unpaired) electrons. The van der Waals surface area contributed by atoms with E-state index in [1.807, 2.05) is 72.1 Å². The van der Waals surface area contributed by atoms with Crippen LogP contribution in [0.25, 0.3) is 5.69 Å². The predicted octanol–water partition coefficient (Wildman–Crippen LogP) is 3.90. The van der Waals surface area contributed by atoms with Crippen LogP contribution in [0.3, 0.4) is 0 Å². The summed E-state index contributed by atoms with van der Waals surface area (Å²) in [6, 6.07) is 25.8. The number of aromatic nitrogens is 4. The van der Waals surface area contributed by atoms with Crippen LogP contribution in [0.4, 0.5) is 0 Å². The standard InChI is InChI=1S/C26H19N5O2S/c32-25-29(20-12-5-2-6-13-20)26(33)31-24(19-11-7-15-27-17-19)28-22(21-14-8-16-34-21)23(30(25)31)18-9-3-1-4-10-18/h1-17,23-24H/t23-,24-/m1/s1. The molecule has 8 heteroatoms. The first kappa shape index (κ1) is 20.3. The minimum atomic E-state index is -0.726. The topological polar surface area (TPSA) is 74.2 Å². The molecule has 1 aliphatic heterocycles. The van der Waals surface area contributed by atoms with E-state index in [0.29, 0.717) is 5.69 Å². The van der Waals surface area contributed by atoms with Gasteiger partial charge in [0.25, 0.3) is 0 Å². The third kappa shape index (κ3) is 3.19. The second-order valence-electron chi connectivity index (χ2n) is 7.89. The molecule has 0 spiro atoms. The molecule has 6 rings (SSSR count). The number of aliphatic imine (C=N–C) groups is 1. The molecule has 0 fully saturated rings. The molecule has 1 aliphatic rings. The van der Waals surface area contributed by atoms with Gasteiger partial charge in [-0.25, -0.2) is 23.5 Å². The van der Waals surface area contributed by atoms with E-state index in [-0.39, 0.29) is 0 Å². The number of nitrogens with zero attached hydrogens (tertiary/aromatic N) is 5. The van der Waals surface area contributed by atoms with E-state index in [2.05, 4.69) is 4.98 Å². The lowest BCUT2D eigenvalue weighted by Gasteiger charge is -2.30. The van der Waals surface area contributed by atoms with Crippen LogP contribution in [0.15, 0.2) is 117 Å². The first-order chi connectivity index (χ1) is 16.7. The zero-order valence-corrected chi connectivity index (χ0v) is 18.7. The number of rotatable bonds is 4. The Balaban J connectivity index is 1.71. The highest BCUT2D eigenvalue weighted by molar-refractivity contribution is 7.12. The van der Waals surface area contributed by atoms with Crippen LogP contribution < -0.4 is 11.4 Å². The average Bonchev–Trinajstić information content (AvgIpc) is 3.52. The Morgan fingerprint density at radius 3 is 2.12 bits per heavy atom. The van der Waals surface area contributed by atoms with Crippen molar-refractivity contribution in [1.82, 2.24) is 18.9 Å². The number of benzene rings is 2. The summed E-state index contributed by atoms with van der Waals surface area (Å²) in [5.41, 5.74) is 2.00. The molecule has 0 saturated heterocycles. The van der Waals surface area contributed by atoms with Gasteiger partial charge in [-0.2, -0.15) is 0 Å². The van der Waals surface area contributed by atoms with Gasteiger partial charge in [-0.15, -0.1) is 11.3 Å². The first-order valence-corrected chi connectivity index (χ1v) is 11.7. The van der Waals surface area contributed by atoms with Crippen LogP contribution in [-0.4, -0.2) is 24.6 Å². The Morgan fingerprint density at radius 2 is 1.44 bits per heavy atom. The zero-order chi connectivity index (χ0) is 23.1. The Kier molecular flexibility index (Phi) is 4.92. The van der Waals surface area contributed by atoms with E-state index in [0.717, 1.165) is 21.7 Å². The Hall–Kier alpha value is -4.30. The second kappa shape index (κ2) is 8.24. The van der Waals surface area contributed by atoms with E-state index in [1.165, 1.54) is 9.25 Å². The molecule has 2 atom stereocenters. The number of hydrogen-bond acceptors (Lipinski definition) is 5. The van der Waals surface area contributed by atoms with Crippen molar-refractivity contribution in [3.63, 3.8) is 0 Å². The van der Waals surface area contributed by atoms with Gasteiger partial charge in [-0.05, 0) is 35.2 Å². The maximum Gasteiger partial charge on any atom is 0.354 e. The number of pyridine rings is 1. The van der Waals surface area contributed by atoms with Crippen LogP contribution in [0.2, 0.25) is 0 Å². The van der Waals surface area contributed by atoms with Crippen LogP contribution in [0.5, 0.6) is 0 Å². The van der Waals surface area contributed by atoms with Crippen molar-refractivity contribution in [2.45, 2.75) is 12.2 Å². The molecule has 0 amide bonds. The molecule has 0 N–H and O–H groups in total. The molecule has 5 aromatic rings. The van der Waals surface area contributed by atoms with Gasteiger partial charge in [0.1, 0.15) is 6.04 Å². The smallest absolute Gasteiger partial charge is 0.264 e. The van der Waals surface area contributed by atoms with Crippen molar-refractivity contribution in [3.05, 3.63) is 140 Å². The van der Waals surface area contributed by atoms with E-state index >= 15 is 0 Å². The van der Waals surface area contributed by atoms with Gasteiger partial charge in [0.2, 0.25) is 0 Å². The molecule has 0 aliphatic carbocycles. The first-order valence-electron chi connectivity index (χ1n) is 10.8. The van der Waals surface area contributed by atoms with Crippen LogP contribution in [-0.2, 0) is 0 Å². The molecule has 34 heavy (non-hydrogen) atoms. The molecule has 7 nitrogen and oxygen atoms in total. The fourth-order valence-corrected chi connectivity index (χ4v) is 5.15. The van der Waals surface area contributed by atoms with Gasteiger partial charge in [-0.3, -0.25) is 9.98 Å². The molecule has 0 bridgehead atoms. The highest BCUT2D eigenvalue weighted by atomic mass is 32.1. The van der Waals surface area contributed by atoms with Gasteiger partial charge >= 0.3 is 11.4 Å². The predicted molar refractivity (Wildman–Crippen MR) is 132 cm³/mol. The van der Waals surface area contributed by atoms with Gasteiger partial charge in [0, 0.05) is 18.0 Å². The summed E-state index contributed by atoms with van der Waals surface area (Å²) in [7, 11) is 0. The second-order valence-corrected chi connectivity index (χ2v) is 8.84. The largest absolute Gasteiger partial charge is 0.354 e. The number of para-hydroxylation sites is 1. The van der Waals surface area contributed by atoms with E-state index in [4.69, 9.17) is 4.99 Å². The van der Waals surface area contributed by atoms with Gasteiger partial charge in [0.05, 0.1) is 16.3 Å². The fourth-order valence-electron chi connectivity index (χ4n) is 4.40. The third-order valence-corrected chi connectivity index (χ3v) is 6.78. The lowest BCUT2D eigenvalue weighted by atomic mass is 9.99. The summed E-state index contributed by atoms with van der Waals surface area (Å²) in [6.07, 6.45) is 2.63. The molecule has 0 unspecified atom stereocenters. The average molecular weight is 466 g/mol. The Labute approximate surface area is 198 Å². The number of thiophene rings is 1. The third-order valence-electron chi connectivity index (χ3n) is 5.89. The Bertz CT molecular complexity index is 1580. The summed E-state index contributed by atoms with van der Waals surface area (Å²) in [6.45, 7) is 0. The van der Waals surface area contributed by atoms with E-state index < -0.39 is 23.6 Å². The van der Waals surface area contributed by atoms with Crippen molar-refractivity contribution < 1.29 is 0 Å². The minimum Gasteiger partial charge on any atom is -0.264 e. The van der Waals surface area contributed by atoms with Crippen molar-refractivity contribution in [1.29, 1.82) is 0 Å². The van der Waals surface area contributed by atoms with Gasteiger partial charge in [0.15, 0.2) is 6.17 Å². The molecule has 2 aromatic carbocycles. The molecular formula is C26H19N5O2S. The normalized spacial score (nSPS) is 17.2. The summed E-state index contributed by atoms with van der Waals surface area (Å²) in [5, 5.41) is 1.98. The summed E-state index contributed by atoms with van der Waals surface area (Å²) < 4.78 is 4.22. The lowest BCUT2D eigenvalue weighted by Crippen LogP contribution is -2.41. The molecule has 4 heterocycles. The van der Waals surface area contributed by atoms with Crippen molar-refractivity contribution >= 4 is 17.0 Å². The van der Waals surface area contributed by atoms with Crippen molar-refractivity contribution in [2.24, 2.45) is 4.99 Å². The SMILES string of the molecule is O=c1n(-c2ccccc2)c(=O)n2n1[C@H](c1cccnc1)N=C(c1cccs1)[C@H]2c1ccccc1. The van der Waals surface area contributed by atoms with Gasteiger partial charge < -0.3 is 0 Å². The molecule has 0 saturated carbocycles. The highest BCUT2D eigenvalue weighted by Gasteiger charge is 2.37. The van der Waals surface area contributed by atoms with Crippen LogP contribution in [0, 0.1) is 0 Å². The summed E-state index contributed by atoms with van der Waals surface area (Å²) in [5.74, 6) is 0. The maximum atomic E-state index is 13.9. The van der Waals surface area contributed by atoms with Crippen LogP contribution in [0.1, 0.15) is 28.2 Å². The van der Waals surface area contributed by atoms with Crippen molar-refractivity contribution in [3.8, 4) is 5.69 Å². The van der Waals surface area contributed by atoms with Crippen molar-refractivity contribution in [2.75, 3.05) is 0 Å². The Morgan fingerprint density at radius 1 is 0.735 bits per heavy atom. The van der Waals surface area contributed by atoms with Crippen LogP contribution >= 0.6 is 11.3 Å². The van der Waals surface area contributed by atoms with E-state index in [1.54, 1.807) is 46.6 Å². The maximum absolute atomic E-state index is 13.9. The summed E-state index contributed by atoms with van der Waals surface area (Å²) in [4.78, 5) is 38.0. The summed E-state index contributed by atoms with van der Waals surface area (Å²) >= 11 is 1.56. The molecular weight excluding hydrogens is 446 g/mol. The highest BCUT2D eigenvalue weighted by Crippen LogP contribution is 2.33. The van der Waals surface area contributed by atoms with Gasteiger partial charge in [-0.1, -0.05) is 60.7 Å². The monoisotopic (exact) mass is 465 g/mol. The number of hydrogen-bond donors (Lipinski definition) is 0. The molecule has 3 aromatic heterocycles. The lowest BCUT2D eigenvalue weighted by molar-refractivity contribution is 0.380.